The topological polar surface area (TPSA) is 3.24 Å². The first-order valence-corrected chi connectivity index (χ1v) is 5.61. The molecule has 80 valence electrons. The lowest BCUT2D eigenvalue weighted by Gasteiger charge is -2.29. The first kappa shape index (κ1) is 13.0. The Kier molecular flexibility index (Phi) is 5.62. The van der Waals surface area contributed by atoms with Crippen molar-refractivity contribution < 1.29 is 0 Å². The second kappa shape index (κ2) is 5.64. The first-order valence-electron chi connectivity index (χ1n) is 5.61. The Morgan fingerprint density at radius 3 is 1.92 bits per heavy atom. The smallest absolute Gasteiger partial charge is 0.00610 e. The zero-order chi connectivity index (χ0) is 10.5. The average Bonchev–Trinajstić information content (AvgIpc) is 2.13. The van der Waals surface area contributed by atoms with E-state index in [0.717, 1.165) is 6.04 Å². The van der Waals surface area contributed by atoms with Gasteiger partial charge >= 0.3 is 0 Å². The number of hydrogen-bond donors (Lipinski definition) is 0. The van der Waals surface area contributed by atoms with Gasteiger partial charge in [0.25, 0.3) is 0 Å². The Labute approximate surface area is 84.5 Å². The van der Waals surface area contributed by atoms with Crippen molar-refractivity contribution in [2.24, 2.45) is 5.41 Å². The monoisotopic (exact) mass is 185 g/mol. The summed E-state index contributed by atoms with van der Waals surface area (Å²) in [4.78, 5) is 2.31. The molecule has 0 aliphatic heterocycles. The molecular formula is C12H27N. The van der Waals surface area contributed by atoms with Gasteiger partial charge in [-0.3, -0.25) is 0 Å². The van der Waals surface area contributed by atoms with E-state index < -0.39 is 0 Å². The van der Waals surface area contributed by atoms with E-state index in [9.17, 15) is 0 Å². The molecule has 0 rings (SSSR count). The van der Waals surface area contributed by atoms with E-state index in [1.54, 1.807) is 0 Å². The number of hydrogen-bond acceptors (Lipinski definition) is 1. The molecule has 0 saturated carbocycles. The van der Waals surface area contributed by atoms with E-state index in [1.165, 1.54) is 25.7 Å². The van der Waals surface area contributed by atoms with Crippen LogP contribution in [0.2, 0.25) is 0 Å². The van der Waals surface area contributed by atoms with Crippen LogP contribution in [0.1, 0.15) is 53.4 Å². The van der Waals surface area contributed by atoms with Crippen molar-refractivity contribution in [2.45, 2.75) is 59.4 Å². The number of rotatable bonds is 6. The van der Waals surface area contributed by atoms with Gasteiger partial charge in [-0.1, -0.05) is 33.6 Å². The molecule has 0 N–H and O–H groups in total. The molecule has 0 heterocycles. The van der Waals surface area contributed by atoms with Crippen molar-refractivity contribution in [1.29, 1.82) is 0 Å². The van der Waals surface area contributed by atoms with Crippen molar-refractivity contribution in [2.75, 3.05) is 14.1 Å². The molecule has 13 heavy (non-hydrogen) atoms. The Bertz CT molecular complexity index is 125. The molecule has 1 nitrogen and oxygen atoms in total. The van der Waals surface area contributed by atoms with Crippen LogP contribution in [0.15, 0.2) is 0 Å². The molecule has 0 aliphatic carbocycles. The highest BCUT2D eigenvalue weighted by Crippen LogP contribution is 2.31. The fraction of sp³-hybridized carbons (Fsp3) is 1.00. The molecule has 0 aromatic carbocycles. The molecule has 0 spiro atoms. The fourth-order valence-electron chi connectivity index (χ4n) is 1.42. The first-order chi connectivity index (χ1) is 5.95. The van der Waals surface area contributed by atoms with Gasteiger partial charge in [-0.25, -0.2) is 0 Å². The molecule has 0 radical (unpaired) electrons. The second-order valence-corrected chi connectivity index (χ2v) is 4.87. The molecule has 1 atom stereocenters. The van der Waals surface area contributed by atoms with Crippen LogP contribution in [0.4, 0.5) is 0 Å². The predicted molar refractivity (Wildman–Crippen MR) is 61.1 cm³/mol. The van der Waals surface area contributed by atoms with E-state index in [-0.39, 0.29) is 0 Å². The summed E-state index contributed by atoms with van der Waals surface area (Å²) in [5.74, 6) is 0. The Morgan fingerprint density at radius 1 is 1.15 bits per heavy atom. The summed E-state index contributed by atoms with van der Waals surface area (Å²) in [6.45, 7) is 9.34. The quantitative estimate of drug-likeness (QED) is 0.612. The Balaban J connectivity index is 3.85. The van der Waals surface area contributed by atoms with E-state index in [4.69, 9.17) is 0 Å². The molecule has 0 amide bonds. The van der Waals surface area contributed by atoms with Crippen molar-refractivity contribution in [1.82, 2.24) is 4.90 Å². The van der Waals surface area contributed by atoms with E-state index in [2.05, 4.69) is 46.7 Å². The lowest BCUT2D eigenvalue weighted by Crippen LogP contribution is -2.27. The zero-order valence-corrected chi connectivity index (χ0v) is 10.4. The van der Waals surface area contributed by atoms with E-state index in [0.29, 0.717) is 5.41 Å². The predicted octanol–water partition coefficient (Wildman–Crippen LogP) is 3.54. The molecule has 1 heteroatoms. The normalized spacial score (nSPS) is 15.0. The maximum atomic E-state index is 2.41. The summed E-state index contributed by atoms with van der Waals surface area (Å²) in [6, 6.07) is 0.720. The molecule has 0 saturated heterocycles. The third-order valence-electron chi connectivity index (χ3n) is 3.75. The van der Waals surface area contributed by atoms with Gasteiger partial charge in [0.1, 0.15) is 0 Å². The number of nitrogens with zero attached hydrogens (tertiary/aromatic N) is 1. The van der Waals surface area contributed by atoms with Crippen LogP contribution < -0.4 is 0 Å². The third-order valence-corrected chi connectivity index (χ3v) is 3.75. The molecule has 1 unspecified atom stereocenters. The van der Waals surface area contributed by atoms with E-state index in [1.807, 2.05) is 0 Å². The highest BCUT2D eigenvalue weighted by Gasteiger charge is 2.20. The lowest BCUT2D eigenvalue weighted by atomic mass is 9.79. The highest BCUT2D eigenvalue weighted by atomic mass is 15.1. The second-order valence-electron chi connectivity index (χ2n) is 4.87. The average molecular weight is 185 g/mol. The summed E-state index contributed by atoms with van der Waals surface area (Å²) in [5, 5.41) is 0. The minimum atomic E-state index is 0.574. The van der Waals surface area contributed by atoms with Gasteiger partial charge in [0, 0.05) is 6.04 Å². The van der Waals surface area contributed by atoms with Gasteiger partial charge in [-0.05, 0) is 39.3 Å². The van der Waals surface area contributed by atoms with Crippen LogP contribution >= 0.6 is 0 Å². The molecule has 0 fully saturated rings. The summed E-state index contributed by atoms with van der Waals surface area (Å²) >= 11 is 0. The van der Waals surface area contributed by atoms with Gasteiger partial charge in [0.2, 0.25) is 0 Å². The van der Waals surface area contributed by atoms with Crippen molar-refractivity contribution in [3.8, 4) is 0 Å². The lowest BCUT2D eigenvalue weighted by molar-refractivity contribution is 0.216. The summed E-state index contributed by atoms with van der Waals surface area (Å²) in [7, 11) is 4.33. The maximum absolute atomic E-state index is 2.41. The Hall–Kier alpha value is -0.0400. The molecular weight excluding hydrogens is 158 g/mol. The summed E-state index contributed by atoms with van der Waals surface area (Å²) in [5.41, 5.74) is 0.574. The van der Waals surface area contributed by atoms with Crippen LogP contribution in [0.5, 0.6) is 0 Å². The standard InChI is InChI=1S/C12H27N/c1-7-12(4,8-2)10-9-11(3)13(5)6/h11H,7-10H2,1-6H3. The minimum Gasteiger partial charge on any atom is -0.307 e. The maximum Gasteiger partial charge on any atom is 0.00610 e. The molecule has 0 bridgehead atoms. The van der Waals surface area contributed by atoms with Gasteiger partial charge in [0.15, 0.2) is 0 Å². The van der Waals surface area contributed by atoms with Crippen LogP contribution in [0, 0.1) is 5.41 Å². The molecule has 0 aliphatic rings. The van der Waals surface area contributed by atoms with Crippen molar-refractivity contribution in [3.63, 3.8) is 0 Å². The van der Waals surface area contributed by atoms with Crippen molar-refractivity contribution in [3.05, 3.63) is 0 Å². The van der Waals surface area contributed by atoms with Crippen LogP contribution in [0.25, 0.3) is 0 Å². The van der Waals surface area contributed by atoms with Gasteiger partial charge in [-0.2, -0.15) is 0 Å². The summed E-state index contributed by atoms with van der Waals surface area (Å²) in [6.07, 6.45) is 5.30. The van der Waals surface area contributed by atoms with Crippen molar-refractivity contribution >= 4 is 0 Å². The molecule has 0 aromatic rings. The van der Waals surface area contributed by atoms with E-state index >= 15 is 0 Å². The van der Waals surface area contributed by atoms with Gasteiger partial charge < -0.3 is 4.90 Å². The fourth-order valence-corrected chi connectivity index (χ4v) is 1.42. The van der Waals surface area contributed by atoms with Crippen LogP contribution in [-0.2, 0) is 0 Å². The Morgan fingerprint density at radius 2 is 1.62 bits per heavy atom. The largest absolute Gasteiger partial charge is 0.307 e. The van der Waals surface area contributed by atoms with Gasteiger partial charge in [-0.15, -0.1) is 0 Å². The van der Waals surface area contributed by atoms with Gasteiger partial charge in [0.05, 0.1) is 0 Å². The van der Waals surface area contributed by atoms with Crippen LogP contribution in [0.3, 0.4) is 0 Å². The minimum absolute atomic E-state index is 0.574. The molecule has 0 aromatic heterocycles. The zero-order valence-electron chi connectivity index (χ0n) is 10.4. The SMILES string of the molecule is CCC(C)(CC)CCC(C)N(C)C. The highest BCUT2D eigenvalue weighted by molar-refractivity contribution is 4.73. The van der Waals surface area contributed by atoms with Crippen LogP contribution in [-0.4, -0.2) is 25.0 Å². The third kappa shape index (κ3) is 4.66. The summed E-state index contributed by atoms with van der Waals surface area (Å²) < 4.78 is 0.